The Bertz CT molecular complexity index is 1620. The third kappa shape index (κ3) is 5.18. The van der Waals surface area contributed by atoms with Crippen LogP contribution in [0, 0.1) is 5.82 Å². The fourth-order valence-electron chi connectivity index (χ4n) is 5.36. The molecule has 1 aliphatic rings. The Morgan fingerprint density at radius 1 is 0.923 bits per heavy atom. The molecule has 0 spiro atoms. The number of nitrogens with zero attached hydrogens (tertiary/aromatic N) is 6. The van der Waals surface area contributed by atoms with Gasteiger partial charge in [-0.15, -0.1) is 5.10 Å². The molecule has 9 heteroatoms. The van der Waals surface area contributed by atoms with E-state index in [9.17, 15) is 9.18 Å². The first-order valence-electron chi connectivity index (χ1n) is 13.3. The van der Waals surface area contributed by atoms with Gasteiger partial charge >= 0.3 is 0 Å². The van der Waals surface area contributed by atoms with Gasteiger partial charge in [-0.2, -0.15) is 0 Å². The van der Waals surface area contributed by atoms with Gasteiger partial charge in [0.25, 0.3) is 5.56 Å². The first-order valence-corrected chi connectivity index (χ1v) is 13.3. The highest BCUT2D eigenvalue weighted by molar-refractivity contribution is 5.80. The van der Waals surface area contributed by atoms with Crippen LogP contribution in [-0.2, 0) is 13.0 Å². The normalized spacial score (nSPS) is 15.1. The molecule has 5 aromatic rings. The lowest BCUT2D eigenvalue weighted by Crippen LogP contribution is -2.49. The molecule has 0 radical (unpaired) electrons. The van der Waals surface area contributed by atoms with Crippen LogP contribution in [0.25, 0.3) is 10.9 Å². The number of aryl methyl sites for hydroxylation is 1. The summed E-state index contributed by atoms with van der Waals surface area (Å²) in [5, 5.41) is 13.8. The summed E-state index contributed by atoms with van der Waals surface area (Å²) in [7, 11) is 0. The molecule has 0 bridgehead atoms. The van der Waals surface area contributed by atoms with Crippen molar-refractivity contribution in [2.75, 3.05) is 31.1 Å². The van der Waals surface area contributed by atoms with Gasteiger partial charge in [-0.25, -0.2) is 9.07 Å². The minimum Gasteiger partial charge on any atom is -0.369 e. The maximum atomic E-state index is 13.5. The summed E-state index contributed by atoms with van der Waals surface area (Å²) < 4.78 is 15.3. The van der Waals surface area contributed by atoms with E-state index in [4.69, 9.17) is 0 Å². The van der Waals surface area contributed by atoms with E-state index in [2.05, 4.69) is 43.3 Å². The number of anilines is 1. The van der Waals surface area contributed by atoms with Crippen LogP contribution in [-0.4, -0.2) is 56.3 Å². The number of aromatic amines is 1. The second-order valence-electron chi connectivity index (χ2n) is 9.91. The second kappa shape index (κ2) is 10.8. The van der Waals surface area contributed by atoms with Crippen molar-refractivity contribution in [3.05, 3.63) is 118 Å². The van der Waals surface area contributed by atoms with Crippen LogP contribution in [0.4, 0.5) is 10.1 Å². The van der Waals surface area contributed by atoms with Gasteiger partial charge in [-0.05, 0) is 75.8 Å². The zero-order valence-electron chi connectivity index (χ0n) is 21.8. The van der Waals surface area contributed by atoms with Gasteiger partial charge in [0.1, 0.15) is 11.9 Å². The van der Waals surface area contributed by atoms with Gasteiger partial charge in [0.15, 0.2) is 5.82 Å². The summed E-state index contributed by atoms with van der Waals surface area (Å²) in [4.78, 5) is 21.1. The van der Waals surface area contributed by atoms with Crippen molar-refractivity contribution in [2.45, 2.75) is 25.9 Å². The van der Waals surface area contributed by atoms with Crippen molar-refractivity contribution in [1.29, 1.82) is 0 Å². The minimum atomic E-state index is -0.433. The third-order valence-corrected chi connectivity index (χ3v) is 7.49. The minimum absolute atomic E-state index is 0.146. The number of rotatable bonds is 7. The summed E-state index contributed by atoms with van der Waals surface area (Å²) in [5.74, 6) is 0.384. The fourth-order valence-corrected chi connectivity index (χ4v) is 5.36. The average Bonchev–Trinajstić information content (AvgIpc) is 3.42. The number of benzene rings is 3. The highest BCUT2D eigenvalue weighted by Gasteiger charge is 2.33. The largest absolute Gasteiger partial charge is 0.369 e. The lowest BCUT2D eigenvalue weighted by atomic mass is 10.0. The van der Waals surface area contributed by atoms with Crippen molar-refractivity contribution in [1.82, 2.24) is 30.1 Å². The Balaban J connectivity index is 1.39. The average molecular weight is 524 g/mol. The predicted octanol–water partition coefficient (Wildman–Crippen LogP) is 4.18. The number of pyridine rings is 1. The molecule has 1 unspecified atom stereocenters. The van der Waals surface area contributed by atoms with E-state index in [0.29, 0.717) is 31.0 Å². The van der Waals surface area contributed by atoms with Crippen molar-refractivity contribution in [3.63, 3.8) is 0 Å². The van der Waals surface area contributed by atoms with Crippen molar-refractivity contribution in [3.8, 4) is 0 Å². The molecule has 1 saturated heterocycles. The standard InChI is InChI=1S/C30H30FN7O/c1-2-21-8-13-27-23(18-21)19-26(30(39)32-27)28(29-33-34-35-38(29)20-22-6-4-3-5-7-22)37-16-14-36(15-17-37)25-11-9-24(31)10-12-25/h3-13,18-19,28H,2,14-17,20H2,1H3,(H,32,39). The molecular formula is C30H30FN7O. The Hall–Kier alpha value is -4.37. The van der Waals surface area contributed by atoms with Crippen LogP contribution in [0.5, 0.6) is 0 Å². The van der Waals surface area contributed by atoms with Crippen LogP contribution in [0.2, 0.25) is 0 Å². The van der Waals surface area contributed by atoms with Crippen LogP contribution >= 0.6 is 0 Å². The van der Waals surface area contributed by atoms with Crippen molar-refractivity contribution in [2.24, 2.45) is 0 Å². The molecule has 0 aliphatic carbocycles. The number of hydrogen-bond donors (Lipinski definition) is 1. The van der Waals surface area contributed by atoms with Crippen LogP contribution in [0.3, 0.4) is 0 Å². The number of fused-ring (bicyclic) bond motifs is 1. The van der Waals surface area contributed by atoms with E-state index >= 15 is 0 Å². The topological polar surface area (TPSA) is 82.9 Å². The molecule has 3 aromatic carbocycles. The smallest absolute Gasteiger partial charge is 0.253 e. The lowest BCUT2D eigenvalue weighted by molar-refractivity contribution is 0.200. The second-order valence-corrected chi connectivity index (χ2v) is 9.91. The van der Waals surface area contributed by atoms with Gasteiger partial charge in [0.2, 0.25) is 0 Å². The zero-order chi connectivity index (χ0) is 26.8. The summed E-state index contributed by atoms with van der Waals surface area (Å²) in [6.45, 7) is 5.46. The molecule has 0 amide bonds. The summed E-state index contributed by atoms with van der Waals surface area (Å²) in [6, 6.07) is 24.3. The van der Waals surface area contributed by atoms with E-state index in [0.717, 1.165) is 41.7 Å². The van der Waals surface area contributed by atoms with E-state index < -0.39 is 6.04 Å². The number of nitrogens with one attached hydrogen (secondary N) is 1. The predicted molar refractivity (Wildman–Crippen MR) is 149 cm³/mol. The number of halogens is 1. The first kappa shape index (κ1) is 24.9. The lowest BCUT2D eigenvalue weighted by Gasteiger charge is -2.39. The molecule has 39 heavy (non-hydrogen) atoms. The van der Waals surface area contributed by atoms with Gasteiger partial charge in [0, 0.05) is 42.9 Å². The van der Waals surface area contributed by atoms with Crippen molar-refractivity contribution < 1.29 is 4.39 Å². The molecule has 0 saturated carbocycles. The van der Waals surface area contributed by atoms with E-state index in [1.807, 2.05) is 60.7 Å². The van der Waals surface area contributed by atoms with Crippen LogP contribution in [0.15, 0.2) is 83.7 Å². The number of piperazine rings is 1. The molecule has 1 atom stereocenters. The molecule has 6 rings (SSSR count). The highest BCUT2D eigenvalue weighted by Crippen LogP contribution is 2.29. The van der Waals surface area contributed by atoms with Gasteiger partial charge in [-0.1, -0.05) is 43.3 Å². The molecule has 2 aromatic heterocycles. The van der Waals surface area contributed by atoms with Gasteiger partial charge < -0.3 is 9.88 Å². The van der Waals surface area contributed by atoms with E-state index in [1.54, 1.807) is 4.68 Å². The number of H-pyrrole nitrogens is 1. The molecule has 1 aliphatic heterocycles. The zero-order valence-corrected chi connectivity index (χ0v) is 21.8. The Kier molecular flexibility index (Phi) is 6.89. The molecule has 3 heterocycles. The van der Waals surface area contributed by atoms with E-state index in [1.165, 1.54) is 17.7 Å². The maximum Gasteiger partial charge on any atom is 0.253 e. The number of tetrazole rings is 1. The maximum absolute atomic E-state index is 13.5. The van der Waals surface area contributed by atoms with Crippen molar-refractivity contribution >= 4 is 16.6 Å². The molecule has 198 valence electrons. The van der Waals surface area contributed by atoms with Crippen LogP contribution < -0.4 is 10.5 Å². The SMILES string of the molecule is CCc1ccc2[nH]c(=O)c(C(c3nnnn3Cc3ccccc3)N3CCN(c4ccc(F)cc4)CC3)cc2c1. The summed E-state index contributed by atoms with van der Waals surface area (Å²) in [5.41, 5.74) is 4.55. The molecule has 1 fully saturated rings. The highest BCUT2D eigenvalue weighted by atomic mass is 19.1. The van der Waals surface area contributed by atoms with Crippen LogP contribution in [0.1, 0.15) is 35.5 Å². The Labute approximate surface area is 225 Å². The van der Waals surface area contributed by atoms with Gasteiger partial charge in [0.05, 0.1) is 6.54 Å². The number of aromatic nitrogens is 5. The van der Waals surface area contributed by atoms with Gasteiger partial charge in [-0.3, -0.25) is 9.69 Å². The molecule has 8 nitrogen and oxygen atoms in total. The number of hydrogen-bond acceptors (Lipinski definition) is 6. The van der Waals surface area contributed by atoms with E-state index in [-0.39, 0.29) is 11.4 Å². The monoisotopic (exact) mass is 523 g/mol. The molecule has 1 N–H and O–H groups in total. The first-order chi connectivity index (χ1) is 19.1. The summed E-state index contributed by atoms with van der Waals surface area (Å²) >= 11 is 0. The molecular weight excluding hydrogens is 493 g/mol. The fraction of sp³-hybridized carbons (Fsp3) is 0.267. The quantitative estimate of drug-likeness (QED) is 0.345. The Morgan fingerprint density at radius 3 is 2.44 bits per heavy atom. The summed E-state index contributed by atoms with van der Waals surface area (Å²) in [6.07, 6.45) is 0.911. The third-order valence-electron chi connectivity index (χ3n) is 7.49. The Morgan fingerprint density at radius 2 is 1.69 bits per heavy atom.